The molecule has 104 valence electrons. The summed E-state index contributed by atoms with van der Waals surface area (Å²) in [5, 5.41) is 9.20. The first-order valence-electron chi connectivity index (χ1n) is 7.40. The minimum absolute atomic E-state index is 0.125. The van der Waals surface area contributed by atoms with E-state index in [1.54, 1.807) is 30.3 Å². The van der Waals surface area contributed by atoms with Gasteiger partial charge in [-0.3, -0.25) is 0 Å². The molecule has 0 unspecified atom stereocenters. The molecule has 1 heterocycles. The molecule has 3 atom stereocenters. The van der Waals surface area contributed by atoms with E-state index in [1.165, 1.54) is 32.5 Å². The number of phenols is 1. The number of rotatable bonds is 3. The van der Waals surface area contributed by atoms with Crippen LogP contribution in [0.15, 0.2) is 30.3 Å². The Kier molecular flexibility index (Phi) is 3.81. The second-order valence-electron chi connectivity index (χ2n) is 5.83. The smallest absolute Gasteiger partial charge is 0.331 e. The predicted octanol–water partition coefficient (Wildman–Crippen LogP) is 2.77. The molecule has 1 saturated carbocycles. The van der Waals surface area contributed by atoms with Gasteiger partial charge in [0.1, 0.15) is 13.0 Å². The van der Waals surface area contributed by atoms with E-state index in [2.05, 4.69) is 0 Å². The van der Waals surface area contributed by atoms with E-state index in [9.17, 15) is 9.90 Å². The molecule has 2 aliphatic rings. The van der Waals surface area contributed by atoms with Crippen molar-refractivity contribution < 1.29 is 14.6 Å². The van der Waals surface area contributed by atoms with Crippen molar-refractivity contribution in [3.05, 3.63) is 35.9 Å². The maximum atomic E-state index is 11.9. The monoisotopic (exact) mass is 270 g/mol. The molecule has 20 heavy (non-hydrogen) atoms. The van der Waals surface area contributed by atoms with Crippen molar-refractivity contribution >= 4 is 19.3 Å². The molecule has 0 aromatic heterocycles. The van der Waals surface area contributed by atoms with Crippen LogP contribution >= 0.6 is 0 Å². The first kappa shape index (κ1) is 13.3. The summed E-state index contributed by atoms with van der Waals surface area (Å²) in [4.78, 5) is 11.9. The second kappa shape index (κ2) is 5.74. The highest BCUT2D eigenvalue weighted by atomic mass is 16.5. The average molecular weight is 270 g/mol. The van der Waals surface area contributed by atoms with E-state index in [1.807, 2.05) is 0 Å². The van der Waals surface area contributed by atoms with Gasteiger partial charge in [-0.15, -0.1) is 0 Å². The van der Waals surface area contributed by atoms with E-state index in [-0.39, 0.29) is 17.8 Å². The molecule has 1 N–H and O–H groups in total. The van der Waals surface area contributed by atoms with Crippen LogP contribution in [0.25, 0.3) is 6.08 Å². The van der Waals surface area contributed by atoms with Crippen LogP contribution in [0.2, 0.25) is 12.1 Å². The average Bonchev–Trinajstić information content (AvgIpc) is 3.03. The Morgan fingerprint density at radius 3 is 2.85 bits per heavy atom. The largest absolute Gasteiger partial charge is 0.508 e. The summed E-state index contributed by atoms with van der Waals surface area (Å²) in [5.74, 6) is 1.36. The van der Waals surface area contributed by atoms with Gasteiger partial charge >= 0.3 is 5.97 Å². The van der Waals surface area contributed by atoms with Crippen molar-refractivity contribution in [2.45, 2.75) is 37.5 Å². The van der Waals surface area contributed by atoms with Gasteiger partial charge in [-0.25, -0.2) is 4.79 Å². The molecular formula is C16H19BO3. The minimum Gasteiger partial charge on any atom is -0.508 e. The number of fused-ring (bicyclic) bond motifs is 1. The number of esters is 1. The Labute approximate surface area is 119 Å². The van der Waals surface area contributed by atoms with Gasteiger partial charge in [0.2, 0.25) is 0 Å². The van der Waals surface area contributed by atoms with E-state index in [0.29, 0.717) is 5.82 Å². The van der Waals surface area contributed by atoms with Crippen LogP contribution < -0.4 is 0 Å². The molecule has 0 spiro atoms. The fourth-order valence-electron chi connectivity index (χ4n) is 3.59. The van der Waals surface area contributed by atoms with Crippen molar-refractivity contribution in [1.82, 2.24) is 0 Å². The Hall–Kier alpha value is -1.71. The summed E-state index contributed by atoms with van der Waals surface area (Å²) in [6.07, 6.45) is 8.16. The SMILES string of the molecule is O=C(/C=C/c1ccc(O)cc1)O[C@@H]1CC[C@@H]2CCB[C@@H]21. The lowest BCUT2D eigenvalue weighted by molar-refractivity contribution is -0.142. The lowest BCUT2D eigenvalue weighted by Crippen LogP contribution is -2.20. The van der Waals surface area contributed by atoms with Crippen LogP contribution in [0.3, 0.4) is 0 Å². The Morgan fingerprint density at radius 1 is 1.25 bits per heavy atom. The maximum absolute atomic E-state index is 11.9. The molecule has 1 aliphatic carbocycles. The van der Waals surface area contributed by atoms with Crippen LogP contribution in [0.1, 0.15) is 24.8 Å². The first-order valence-corrected chi connectivity index (χ1v) is 7.40. The topological polar surface area (TPSA) is 46.5 Å². The van der Waals surface area contributed by atoms with E-state index in [0.717, 1.165) is 17.9 Å². The number of aromatic hydroxyl groups is 1. The van der Waals surface area contributed by atoms with Crippen LogP contribution in [-0.2, 0) is 9.53 Å². The third kappa shape index (κ3) is 2.89. The van der Waals surface area contributed by atoms with Crippen molar-refractivity contribution in [3.63, 3.8) is 0 Å². The van der Waals surface area contributed by atoms with E-state index in [4.69, 9.17) is 4.74 Å². The van der Waals surface area contributed by atoms with Crippen molar-refractivity contribution in [3.8, 4) is 5.75 Å². The highest BCUT2D eigenvalue weighted by molar-refractivity contribution is 6.39. The van der Waals surface area contributed by atoms with Crippen molar-refractivity contribution in [1.29, 1.82) is 0 Å². The summed E-state index contributed by atoms with van der Waals surface area (Å²) in [5.41, 5.74) is 0.880. The highest BCUT2D eigenvalue weighted by Gasteiger charge is 2.41. The van der Waals surface area contributed by atoms with E-state index >= 15 is 0 Å². The summed E-state index contributed by atoms with van der Waals surface area (Å²) < 4.78 is 5.60. The lowest BCUT2D eigenvalue weighted by atomic mass is 9.65. The molecule has 0 amide bonds. The fraction of sp³-hybridized carbons (Fsp3) is 0.438. The molecule has 3 nitrogen and oxygen atoms in total. The number of benzene rings is 1. The third-order valence-corrected chi connectivity index (χ3v) is 4.59. The van der Waals surface area contributed by atoms with Crippen molar-refractivity contribution in [2.75, 3.05) is 0 Å². The molecule has 1 aliphatic heterocycles. The molecule has 1 saturated heterocycles. The first-order chi connectivity index (χ1) is 9.72. The summed E-state index contributed by atoms with van der Waals surface area (Å²) in [6.45, 7) is 0. The summed E-state index contributed by atoms with van der Waals surface area (Å²) in [7, 11) is 1.21. The highest BCUT2D eigenvalue weighted by Crippen LogP contribution is 2.46. The number of ether oxygens (including phenoxy) is 1. The number of phenolic OH excluding ortho intramolecular Hbond substituents is 1. The third-order valence-electron chi connectivity index (χ3n) is 4.59. The summed E-state index contributed by atoms with van der Waals surface area (Å²) in [6, 6.07) is 6.74. The molecule has 1 aromatic rings. The minimum atomic E-state index is -0.254. The summed E-state index contributed by atoms with van der Waals surface area (Å²) >= 11 is 0. The van der Waals surface area contributed by atoms with Crippen LogP contribution in [-0.4, -0.2) is 24.5 Å². The molecule has 2 fully saturated rings. The van der Waals surface area contributed by atoms with E-state index < -0.39 is 0 Å². The van der Waals surface area contributed by atoms with Gasteiger partial charge in [0.05, 0.1) is 6.10 Å². The van der Waals surface area contributed by atoms with Gasteiger partial charge in [0.25, 0.3) is 0 Å². The fourth-order valence-corrected chi connectivity index (χ4v) is 3.59. The number of carbonyl (C=O) groups excluding carboxylic acids is 1. The van der Waals surface area contributed by atoms with Gasteiger partial charge < -0.3 is 9.84 Å². The molecule has 1 aromatic carbocycles. The second-order valence-corrected chi connectivity index (χ2v) is 5.83. The van der Waals surface area contributed by atoms with Gasteiger partial charge in [0.15, 0.2) is 0 Å². The van der Waals surface area contributed by atoms with Gasteiger partial charge in [0, 0.05) is 6.08 Å². The quantitative estimate of drug-likeness (QED) is 0.522. The zero-order valence-electron chi connectivity index (χ0n) is 11.5. The predicted molar refractivity (Wildman–Crippen MR) is 80.1 cm³/mol. The van der Waals surface area contributed by atoms with Crippen LogP contribution in [0, 0.1) is 5.92 Å². The zero-order valence-corrected chi connectivity index (χ0v) is 11.5. The standard InChI is InChI=1S/C16H19BO3/c18-13-5-1-11(2-6-13)3-8-15(19)20-14-7-4-12-9-10-17-16(12)14/h1-3,5-6,8,12,14,16-18H,4,7,9-10H2/b8-3+/t12-,14-,16+/m1/s1. The maximum Gasteiger partial charge on any atom is 0.331 e. The van der Waals surface area contributed by atoms with Crippen LogP contribution in [0.4, 0.5) is 0 Å². The number of carbonyl (C=O) groups is 1. The molecule has 0 radical (unpaired) electrons. The van der Waals surface area contributed by atoms with Gasteiger partial charge in [-0.1, -0.05) is 24.9 Å². The number of hydrogen-bond donors (Lipinski definition) is 1. The Morgan fingerprint density at radius 2 is 2.05 bits per heavy atom. The van der Waals surface area contributed by atoms with Crippen molar-refractivity contribution in [2.24, 2.45) is 5.92 Å². The zero-order chi connectivity index (χ0) is 13.9. The molecule has 3 rings (SSSR count). The van der Waals surface area contributed by atoms with Gasteiger partial charge in [-0.2, -0.15) is 0 Å². The normalized spacial score (nSPS) is 28.3. The van der Waals surface area contributed by atoms with Gasteiger partial charge in [-0.05, 0) is 48.3 Å². The number of hydrogen-bond acceptors (Lipinski definition) is 3. The molecule has 4 heteroatoms. The Balaban J connectivity index is 1.55. The van der Waals surface area contributed by atoms with Crippen LogP contribution in [0.5, 0.6) is 5.75 Å². The Bertz CT molecular complexity index is 509. The molecule has 0 bridgehead atoms. The lowest BCUT2D eigenvalue weighted by Gasteiger charge is -2.17. The molecular weight excluding hydrogens is 251 g/mol.